The molecule has 0 aliphatic rings. The van der Waals surface area contributed by atoms with Crippen LogP contribution < -0.4 is 5.32 Å². The number of benzene rings is 1. The summed E-state index contributed by atoms with van der Waals surface area (Å²) in [4.78, 5) is 15.3. The van der Waals surface area contributed by atoms with Gasteiger partial charge in [0.15, 0.2) is 0 Å². The first-order valence-electron chi connectivity index (χ1n) is 8.11. The van der Waals surface area contributed by atoms with Crippen LogP contribution >= 0.6 is 0 Å². The van der Waals surface area contributed by atoms with E-state index in [1.165, 1.54) is 10.6 Å². The molecule has 1 heterocycles. The Hall–Kier alpha value is -1.86. The van der Waals surface area contributed by atoms with Crippen molar-refractivity contribution < 1.29 is 13.2 Å². The van der Waals surface area contributed by atoms with E-state index >= 15 is 0 Å². The molecule has 0 bridgehead atoms. The van der Waals surface area contributed by atoms with Gasteiger partial charge in [0.05, 0.1) is 12.7 Å². The summed E-state index contributed by atoms with van der Waals surface area (Å²) >= 11 is 0. The first-order chi connectivity index (χ1) is 11.3. The maximum Gasteiger partial charge on any atom is 0.224 e. The minimum atomic E-state index is -3.28. The van der Waals surface area contributed by atoms with E-state index < -0.39 is 10.0 Å². The Morgan fingerprint density at radius 2 is 2.04 bits per heavy atom. The zero-order chi connectivity index (χ0) is 17.7. The Labute approximate surface area is 143 Å². The van der Waals surface area contributed by atoms with Gasteiger partial charge in [0, 0.05) is 36.2 Å². The summed E-state index contributed by atoms with van der Waals surface area (Å²) < 4.78 is 25.1. The van der Waals surface area contributed by atoms with Crippen molar-refractivity contribution in [2.24, 2.45) is 0 Å². The Balaban J connectivity index is 1.91. The molecule has 1 atom stereocenters. The lowest BCUT2D eigenvalue weighted by molar-refractivity contribution is -0.120. The second kappa shape index (κ2) is 7.81. The maximum absolute atomic E-state index is 12.1. The zero-order valence-electron chi connectivity index (χ0n) is 14.4. The number of H-pyrrole nitrogens is 1. The Kier molecular flexibility index (Phi) is 6.01. The van der Waals surface area contributed by atoms with Crippen molar-refractivity contribution in [3.8, 4) is 0 Å². The smallest absolute Gasteiger partial charge is 0.224 e. The van der Waals surface area contributed by atoms with Crippen LogP contribution in [-0.2, 0) is 21.2 Å². The van der Waals surface area contributed by atoms with Crippen molar-refractivity contribution in [1.82, 2.24) is 14.6 Å². The number of carbonyl (C=O) groups excluding carboxylic acids is 1. The molecule has 1 aromatic heterocycles. The summed E-state index contributed by atoms with van der Waals surface area (Å²) in [5, 5.41) is 3.84. The largest absolute Gasteiger partial charge is 0.361 e. The number of carbonyl (C=O) groups is 1. The third-order valence-electron chi connectivity index (χ3n) is 4.19. The number of hydrogen-bond acceptors (Lipinski definition) is 3. The third kappa shape index (κ3) is 4.58. The molecule has 1 unspecified atom stereocenters. The highest BCUT2D eigenvalue weighted by atomic mass is 32.2. The van der Waals surface area contributed by atoms with Gasteiger partial charge in [0.1, 0.15) is 0 Å². The molecule has 0 aliphatic carbocycles. The van der Waals surface area contributed by atoms with E-state index in [-0.39, 0.29) is 24.9 Å². The van der Waals surface area contributed by atoms with Gasteiger partial charge in [-0.25, -0.2) is 8.42 Å². The summed E-state index contributed by atoms with van der Waals surface area (Å²) in [6.07, 6.45) is 4.04. The number of nitrogens with one attached hydrogen (secondary N) is 2. The molecular formula is C17H25N3O3S. The predicted molar refractivity (Wildman–Crippen MR) is 96.3 cm³/mol. The highest BCUT2D eigenvalue weighted by Gasteiger charge is 2.21. The Bertz CT molecular complexity index is 798. The summed E-state index contributed by atoms with van der Waals surface area (Å²) in [6.45, 7) is 4.40. The summed E-state index contributed by atoms with van der Waals surface area (Å²) in [7, 11) is -3.28. The number of fused-ring (bicyclic) bond motifs is 1. The maximum atomic E-state index is 12.1. The molecule has 0 aliphatic heterocycles. The van der Waals surface area contributed by atoms with Crippen LogP contribution in [0.2, 0.25) is 0 Å². The highest BCUT2D eigenvalue weighted by Crippen LogP contribution is 2.17. The number of sulfonamides is 1. The van der Waals surface area contributed by atoms with E-state index in [4.69, 9.17) is 0 Å². The lowest BCUT2D eigenvalue weighted by atomic mass is 10.1. The van der Waals surface area contributed by atoms with Gasteiger partial charge >= 0.3 is 0 Å². The van der Waals surface area contributed by atoms with Crippen molar-refractivity contribution in [2.75, 3.05) is 19.3 Å². The van der Waals surface area contributed by atoms with E-state index in [9.17, 15) is 13.2 Å². The average Bonchev–Trinajstić information content (AvgIpc) is 2.93. The van der Waals surface area contributed by atoms with Gasteiger partial charge < -0.3 is 10.3 Å². The SMILES string of the molecule is CCC(C)N(CCNC(=O)Cc1c[nH]c2ccccc12)S(C)(=O)=O. The minimum Gasteiger partial charge on any atom is -0.361 e. The lowest BCUT2D eigenvalue weighted by Gasteiger charge is -2.25. The monoisotopic (exact) mass is 351 g/mol. The van der Waals surface area contributed by atoms with E-state index in [0.29, 0.717) is 6.54 Å². The topological polar surface area (TPSA) is 82.3 Å². The number of amides is 1. The average molecular weight is 351 g/mol. The van der Waals surface area contributed by atoms with Crippen molar-refractivity contribution in [3.63, 3.8) is 0 Å². The number of rotatable bonds is 8. The summed E-state index contributed by atoms with van der Waals surface area (Å²) in [5.74, 6) is -0.114. The van der Waals surface area contributed by atoms with Crippen molar-refractivity contribution in [2.45, 2.75) is 32.7 Å². The Morgan fingerprint density at radius 1 is 1.33 bits per heavy atom. The molecule has 24 heavy (non-hydrogen) atoms. The molecule has 6 nitrogen and oxygen atoms in total. The summed E-state index contributed by atoms with van der Waals surface area (Å²) in [5.41, 5.74) is 1.94. The second-order valence-corrected chi connectivity index (χ2v) is 7.95. The number of nitrogens with zero attached hydrogens (tertiary/aromatic N) is 1. The van der Waals surface area contributed by atoms with Gasteiger partial charge in [0.25, 0.3) is 0 Å². The van der Waals surface area contributed by atoms with E-state index in [2.05, 4.69) is 10.3 Å². The minimum absolute atomic E-state index is 0.0782. The molecular weight excluding hydrogens is 326 g/mol. The number of aromatic amines is 1. The molecule has 1 amide bonds. The van der Waals surface area contributed by atoms with Crippen LogP contribution in [0.25, 0.3) is 10.9 Å². The van der Waals surface area contributed by atoms with Gasteiger partial charge in [-0.05, 0) is 25.0 Å². The Morgan fingerprint density at radius 3 is 2.71 bits per heavy atom. The highest BCUT2D eigenvalue weighted by molar-refractivity contribution is 7.88. The molecule has 0 fully saturated rings. The van der Waals surface area contributed by atoms with Crippen LogP contribution in [0, 0.1) is 0 Å². The first-order valence-corrected chi connectivity index (χ1v) is 9.96. The van der Waals surface area contributed by atoms with Crippen molar-refractivity contribution in [1.29, 1.82) is 0 Å². The van der Waals surface area contributed by atoms with Crippen LogP contribution in [0.15, 0.2) is 30.5 Å². The number of aromatic nitrogens is 1. The van der Waals surface area contributed by atoms with Crippen LogP contribution in [0.4, 0.5) is 0 Å². The van der Waals surface area contributed by atoms with Crippen LogP contribution in [0.3, 0.4) is 0 Å². The quantitative estimate of drug-likeness (QED) is 0.762. The molecule has 0 radical (unpaired) electrons. The standard InChI is InChI=1S/C17H25N3O3S/c1-4-13(2)20(24(3,22)23)10-9-18-17(21)11-14-12-19-16-8-6-5-7-15(14)16/h5-8,12-13,19H,4,9-11H2,1-3H3,(H,18,21). The van der Waals surface area contributed by atoms with Crippen LogP contribution in [0.5, 0.6) is 0 Å². The molecule has 2 aromatic rings. The van der Waals surface area contributed by atoms with E-state index in [0.717, 1.165) is 22.9 Å². The molecule has 0 saturated carbocycles. The first kappa shape index (κ1) is 18.5. The van der Waals surface area contributed by atoms with E-state index in [1.54, 1.807) is 0 Å². The zero-order valence-corrected chi connectivity index (χ0v) is 15.2. The summed E-state index contributed by atoms with van der Waals surface area (Å²) in [6, 6.07) is 7.74. The number of hydrogen-bond donors (Lipinski definition) is 2. The third-order valence-corrected chi connectivity index (χ3v) is 5.58. The van der Waals surface area contributed by atoms with Gasteiger partial charge in [-0.1, -0.05) is 25.1 Å². The number of para-hydroxylation sites is 1. The van der Waals surface area contributed by atoms with Gasteiger partial charge in [-0.3, -0.25) is 4.79 Å². The van der Waals surface area contributed by atoms with Crippen molar-refractivity contribution >= 4 is 26.8 Å². The molecule has 1 aromatic carbocycles. The van der Waals surface area contributed by atoms with Crippen LogP contribution in [0.1, 0.15) is 25.8 Å². The predicted octanol–water partition coefficient (Wildman–Crippen LogP) is 1.89. The van der Waals surface area contributed by atoms with Gasteiger partial charge in [-0.2, -0.15) is 4.31 Å². The molecule has 7 heteroatoms. The van der Waals surface area contributed by atoms with Crippen molar-refractivity contribution in [3.05, 3.63) is 36.0 Å². The normalized spacial score (nSPS) is 13.3. The molecule has 0 spiro atoms. The fourth-order valence-electron chi connectivity index (χ4n) is 2.74. The second-order valence-electron chi connectivity index (χ2n) is 6.02. The molecule has 2 rings (SSSR count). The van der Waals surface area contributed by atoms with Gasteiger partial charge in [0.2, 0.25) is 15.9 Å². The lowest BCUT2D eigenvalue weighted by Crippen LogP contribution is -2.43. The molecule has 2 N–H and O–H groups in total. The fraction of sp³-hybridized carbons (Fsp3) is 0.471. The van der Waals surface area contributed by atoms with Crippen LogP contribution in [-0.4, -0.2) is 49.0 Å². The van der Waals surface area contributed by atoms with Gasteiger partial charge in [-0.15, -0.1) is 0 Å². The fourth-order valence-corrected chi connectivity index (χ4v) is 3.96. The molecule has 132 valence electrons. The molecule has 0 saturated heterocycles. The van der Waals surface area contributed by atoms with E-state index in [1.807, 2.05) is 44.3 Å².